The first kappa shape index (κ1) is 11.8. The number of amides is 1. The molecule has 4 nitrogen and oxygen atoms in total. The standard InChI is InChI=1S/C9H16N2O2/c1-8(2)7-13-9(12)11-6-4-3-5-10/h8H,3-4,6-7H2,1-2H3,(H,11,12). The Balaban J connectivity index is 3.26. The zero-order valence-corrected chi connectivity index (χ0v) is 8.17. The lowest BCUT2D eigenvalue weighted by molar-refractivity contribution is 0.133. The van der Waals surface area contributed by atoms with Gasteiger partial charge in [0, 0.05) is 13.0 Å². The number of nitrogens with one attached hydrogen (secondary N) is 1. The van der Waals surface area contributed by atoms with Crippen molar-refractivity contribution in [1.29, 1.82) is 5.26 Å². The summed E-state index contributed by atoms with van der Waals surface area (Å²) in [6.45, 7) is 4.89. The highest BCUT2D eigenvalue weighted by molar-refractivity contribution is 5.66. The van der Waals surface area contributed by atoms with Crippen molar-refractivity contribution < 1.29 is 9.53 Å². The number of carbonyl (C=O) groups excluding carboxylic acids is 1. The molecule has 0 spiro atoms. The van der Waals surface area contributed by atoms with Gasteiger partial charge in [0.15, 0.2) is 0 Å². The van der Waals surface area contributed by atoms with Crippen LogP contribution in [0, 0.1) is 17.2 Å². The number of hydrogen-bond acceptors (Lipinski definition) is 3. The smallest absolute Gasteiger partial charge is 0.407 e. The van der Waals surface area contributed by atoms with Crippen LogP contribution in [0.4, 0.5) is 4.79 Å². The highest BCUT2D eigenvalue weighted by atomic mass is 16.5. The van der Waals surface area contributed by atoms with Crippen LogP contribution in [0.25, 0.3) is 0 Å². The summed E-state index contributed by atoms with van der Waals surface area (Å²) in [7, 11) is 0. The predicted octanol–water partition coefficient (Wildman–Crippen LogP) is 1.67. The molecule has 0 aliphatic heterocycles. The van der Waals surface area contributed by atoms with E-state index >= 15 is 0 Å². The average molecular weight is 184 g/mol. The average Bonchev–Trinajstić information content (AvgIpc) is 2.09. The number of unbranched alkanes of at least 4 members (excludes halogenated alkanes) is 1. The van der Waals surface area contributed by atoms with Crippen molar-refractivity contribution in [3.05, 3.63) is 0 Å². The Kier molecular flexibility index (Phi) is 6.70. The second-order valence-electron chi connectivity index (χ2n) is 3.18. The zero-order chi connectivity index (χ0) is 10.1. The van der Waals surface area contributed by atoms with Crippen LogP contribution in [0.2, 0.25) is 0 Å². The number of nitrogens with zero attached hydrogens (tertiary/aromatic N) is 1. The Morgan fingerprint density at radius 3 is 2.85 bits per heavy atom. The molecule has 1 amide bonds. The highest BCUT2D eigenvalue weighted by Crippen LogP contribution is 1.92. The molecule has 0 heterocycles. The first-order valence-corrected chi connectivity index (χ1v) is 4.44. The van der Waals surface area contributed by atoms with Gasteiger partial charge in [-0.15, -0.1) is 0 Å². The van der Waals surface area contributed by atoms with Crippen molar-refractivity contribution in [2.24, 2.45) is 5.92 Å². The van der Waals surface area contributed by atoms with Crippen LogP contribution in [0.5, 0.6) is 0 Å². The summed E-state index contributed by atoms with van der Waals surface area (Å²) < 4.78 is 4.85. The molecule has 0 aromatic carbocycles. The molecule has 0 saturated heterocycles. The third-order valence-electron chi connectivity index (χ3n) is 1.28. The fraction of sp³-hybridized carbons (Fsp3) is 0.778. The minimum Gasteiger partial charge on any atom is -0.449 e. The van der Waals surface area contributed by atoms with E-state index in [0.717, 1.165) is 0 Å². The Bertz CT molecular complexity index is 185. The van der Waals surface area contributed by atoms with Gasteiger partial charge in [-0.25, -0.2) is 4.79 Å². The second kappa shape index (κ2) is 7.41. The minimum absolute atomic E-state index is 0.352. The third kappa shape index (κ3) is 8.67. The summed E-state index contributed by atoms with van der Waals surface area (Å²) in [6.07, 6.45) is 0.740. The van der Waals surface area contributed by atoms with Gasteiger partial charge in [-0.05, 0) is 12.3 Å². The third-order valence-corrected chi connectivity index (χ3v) is 1.28. The molecule has 0 unspecified atom stereocenters. The molecule has 0 bridgehead atoms. The maximum absolute atomic E-state index is 10.9. The molecular formula is C9H16N2O2. The van der Waals surface area contributed by atoms with E-state index in [1.54, 1.807) is 0 Å². The van der Waals surface area contributed by atoms with Crippen molar-refractivity contribution in [2.45, 2.75) is 26.7 Å². The molecule has 0 aromatic heterocycles. The highest BCUT2D eigenvalue weighted by Gasteiger charge is 2.01. The lowest BCUT2D eigenvalue weighted by Gasteiger charge is -2.07. The molecule has 0 rings (SSSR count). The van der Waals surface area contributed by atoms with E-state index in [1.807, 2.05) is 19.9 Å². The molecular weight excluding hydrogens is 168 g/mol. The Labute approximate surface area is 78.9 Å². The van der Waals surface area contributed by atoms with E-state index in [4.69, 9.17) is 10.00 Å². The van der Waals surface area contributed by atoms with Crippen molar-refractivity contribution in [3.8, 4) is 6.07 Å². The van der Waals surface area contributed by atoms with Gasteiger partial charge < -0.3 is 10.1 Å². The number of alkyl carbamates (subject to hydrolysis) is 1. The number of hydrogen-bond donors (Lipinski definition) is 1. The van der Waals surface area contributed by atoms with Crippen LogP contribution in [-0.4, -0.2) is 19.2 Å². The van der Waals surface area contributed by atoms with Gasteiger partial charge in [-0.2, -0.15) is 5.26 Å². The predicted molar refractivity (Wildman–Crippen MR) is 49.0 cm³/mol. The van der Waals surface area contributed by atoms with Crippen molar-refractivity contribution in [1.82, 2.24) is 5.32 Å². The van der Waals surface area contributed by atoms with Crippen LogP contribution in [0.1, 0.15) is 26.7 Å². The van der Waals surface area contributed by atoms with Crippen LogP contribution >= 0.6 is 0 Å². The molecule has 0 radical (unpaired) electrons. The van der Waals surface area contributed by atoms with Gasteiger partial charge in [0.2, 0.25) is 0 Å². The summed E-state index contributed by atoms with van der Waals surface area (Å²) in [6, 6.07) is 2.00. The largest absolute Gasteiger partial charge is 0.449 e. The van der Waals surface area contributed by atoms with E-state index < -0.39 is 6.09 Å². The monoisotopic (exact) mass is 184 g/mol. The SMILES string of the molecule is CC(C)COC(=O)NCCCC#N. The topological polar surface area (TPSA) is 62.1 Å². The Hall–Kier alpha value is -1.24. The Morgan fingerprint density at radius 2 is 2.31 bits per heavy atom. The van der Waals surface area contributed by atoms with Crippen LogP contribution in [0.3, 0.4) is 0 Å². The lowest BCUT2D eigenvalue weighted by Crippen LogP contribution is -2.26. The number of carbonyl (C=O) groups is 1. The van der Waals surface area contributed by atoms with Crippen molar-refractivity contribution in [3.63, 3.8) is 0 Å². The molecule has 0 atom stereocenters. The second-order valence-corrected chi connectivity index (χ2v) is 3.18. The molecule has 1 N–H and O–H groups in total. The molecule has 4 heteroatoms. The van der Waals surface area contributed by atoms with E-state index in [9.17, 15) is 4.79 Å². The fourth-order valence-corrected chi connectivity index (χ4v) is 0.651. The maximum Gasteiger partial charge on any atom is 0.407 e. The summed E-state index contributed by atoms with van der Waals surface area (Å²) in [5.74, 6) is 0.352. The van der Waals surface area contributed by atoms with Gasteiger partial charge in [0.25, 0.3) is 0 Å². The van der Waals surface area contributed by atoms with Crippen LogP contribution < -0.4 is 5.32 Å². The van der Waals surface area contributed by atoms with E-state index in [1.165, 1.54) is 0 Å². The molecule has 0 saturated carbocycles. The summed E-state index contributed by atoms with van der Waals surface area (Å²) in [5.41, 5.74) is 0. The van der Waals surface area contributed by atoms with E-state index in [0.29, 0.717) is 31.9 Å². The maximum atomic E-state index is 10.9. The number of nitriles is 1. The number of ether oxygens (including phenoxy) is 1. The first-order valence-electron chi connectivity index (χ1n) is 4.44. The molecule has 0 aliphatic carbocycles. The molecule has 0 aromatic rings. The molecule has 0 fully saturated rings. The quantitative estimate of drug-likeness (QED) is 0.661. The van der Waals surface area contributed by atoms with Crippen molar-refractivity contribution >= 4 is 6.09 Å². The summed E-state index contributed by atoms with van der Waals surface area (Å²) in [4.78, 5) is 10.9. The minimum atomic E-state index is -0.397. The molecule has 13 heavy (non-hydrogen) atoms. The van der Waals surface area contributed by atoms with E-state index in [2.05, 4.69) is 5.32 Å². The van der Waals surface area contributed by atoms with Crippen LogP contribution in [-0.2, 0) is 4.74 Å². The van der Waals surface area contributed by atoms with Crippen LogP contribution in [0.15, 0.2) is 0 Å². The lowest BCUT2D eigenvalue weighted by atomic mass is 10.2. The first-order chi connectivity index (χ1) is 6.16. The molecule has 74 valence electrons. The summed E-state index contributed by atoms with van der Waals surface area (Å²) in [5, 5.41) is 10.8. The van der Waals surface area contributed by atoms with Gasteiger partial charge in [-0.3, -0.25) is 0 Å². The van der Waals surface area contributed by atoms with Gasteiger partial charge in [0.1, 0.15) is 0 Å². The normalized spacial score (nSPS) is 9.38. The van der Waals surface area contributed by atoms with E-state index in [-0.39, 0.29) is 0 Å². The van der Waals surface area contributed by atoms with Gasteiger partial charge in [-0.1, -0.05) is 13.8 Å². The van der Waals surface area contributed by atoms with Gasteiger partial charge >= 0.3 is 6.09 Å². The zero-order valence-electron chi connectivity index (χ0n) is 8.17. The van der Waals surface area contributed by atoms with Gasteiger partial charge in [0.05, 0.1) is 12.7 Å². The summed E-state index contributed by atoms with van der Waals surface area (Å²) >= 11 is 0. The fourth-order valence-electron chi connectivity index (χ4n) is 0.651. The number of rotatable bonds is 5. The molecule has 0 aliphatic rings. The Morgan fingerprint density at radius 1 is 1.62 bits per heavy atom. The van der Waals surface area contributed by atoms with Crippen molar-refractivity contribution in [2.75, 3.05) is 13.2 Å².